The highest BCUT2D eigenvalue weighted by Gasteiger charge is 2.11. The second kappa shape index (κ2) is 5.66. The second-order valence-corrected chi connectivity index (χ2v) is 4.65. The number of aliphatic imine (C=N–C) groups is 1. The minimum absolute atomic E-state index is 0.255. The molecule has 0 saturated heterocycles. The molecule has 94 valence electrons. The van der Waals surface area contributed by atoms with Gasteiger partial charge in [0.1, 0.15) is 0 Å². The van der Waals surface area contributed by atoms with Crippen LogP contribution in [0.5, 0.6) is 0 Å². The first kappa shape index (κ1) is 13.5. The molecule has 0 fully saturated rings. The van der Waals surface area contributed by atoms with E-state index >= 15 is 0 Å². The summed E-state index contributed by atoms with van der Waals surface area (Å²) in [7, 11) is 0. The molecule has 0 aliphatic carbocycles. The molecule has 2 N–H and O–H groups in total. The lowest BCUT2D eigenvalue weighted by atomic mass is 10.1. The van der Waals surface area contributed by atoms with Crippen LogP contribution in [0.15, 0.2) is 23.3 Å². The van der Waals surface area contributed by atoms with Crippen molar-refractivity contribution < 1.29 is 0 Å². The minimum Gasteiger partial charge on any atom is -0.394 e. The Hall–Kier alpha value is -1.58. The van der Waals surface area contributed by atoms with Gasteiger partial charge in [0.15, 0.2) is 5.82 Å². The van der Waals surface area contributed by atoms with Crippen LogP contribution < -0.4 is 5.73 Å². The van der Waals surface area contributed by atoms with Crippen molar-refractivity contribution >= 4 is 17.2 Å². The van der Waals surface area contributed by atoms with Crippen molar-refractivity contribution in [1.82, 2.24) is 9.78 Å². The number of nitrogen functional groups attached to an aromatic ring is 1. The third-order valence-electron chi connectivity index (χ3n) is 2.45. The fraction of sp³-hybridized carbons (Fsp3) is 0.538. The van der Waals surface area contributed by atoms with Gasteiger partial charge in [-0.1, -0.05) is 19.9 Å². The Morgan fingerprint density at radius 3 is 2.53 bits per heavy atom. The molecule has 0 aliphatic heterocycles. The van der Waals surface area contributed by atoms with Crippen molar-refractivity contribution in [3.05, 3.63) is 18.3 Å². The van der Waals surface area contributed by atoms with Gasteiger partial charge in [0.2, 0.25) is 0 Å². The molecule has 0 amide bonds. The Labute approximate surface area is 103 Å². The van der Waals surface area contributed by atoms with Crippen LogP contribution in [0.1, 0.15) is 40.7 Å². The van der Waals surface area contributed by atoms with Crippen LogP contribution in [0, 0.1) is 5.92 Å². The standard InChI is InChI=1S/C13H22N4/c1-6-7-12(9(2)3)16-13-11(14)8-15-17(13)10(4)5/h6-10H,14H2,1-5H3/b7-6-,16-12?. The highest BCUT2D eigenvalue weighted by atomic mass is 15.3. The first-order chi connectivity index (χ1) is 7.97. The lowest BCUT2D eigenvalue weighted by Gasteiger charge is -2.10. The number of anilines is 1. The Morgan fingerprint density at radius 2 is 2.06 bits per heavy atom. The zero-order valence-electron chi connectivity index (χ0n) is 11.3. The zero-order chi connectivity index (χ0) is 13.0. The van der Waals surface area contributed by atoms with Crippen LogP contribution in [-0.2, 0) is 0 Å². The number of rotatable bonds is 4. The van der Waals surface area contributed by atoms with Crippen LogP contribution in [0.4, 0.5) is 11.5 Å². The topological polar surface area (TPSA) is 56.2 Å². The smallest absolute Gasteiger partial charge is 0.174 e. The van der Waals surface area contributed by atoms with Gasteiger partial charge < -0.3 is 5.73 Å². The van der Waals surface area contributed by atoms with Crippen molar-refractivity contribution in [2.75, 3.05) is 5.73 Å². The molecule has 0 saturated carbocycles. The average molecular weight is 234 g/mol. The maximum absolute atomic E-state index is 5.91. The number of aromatic nitrogens is 2. The van der Waals surface area contributed by atoms with E-state index in [4.69, 9.17) is 5.73 Å². The van der Waals surface area contributed by atoms with E-state index in [-0.39, 0.29) is 6.04 Å². The van der Waals surface area contributed by atoms with Gasteiger partial charge >= 0.3 is 0 Å². The van der Waals surface area contributed by atoms with E-state index in [1.54, 1.807) is 6.20 Å². The molecule has 0 aliphatic rings. The predicted molar refractivity (Wildman–Crippen MR) is 73.8 cm³/mol. The van der Waals surface area contributed by atoms with Gasteiger partial charge in [-0.3, -0.25) is 0 Å². The third-order valence-corrected chi connectivity index (χ3v) is 2.45. The summed E-state index contributed by atoms with van der Waals surface area (Å²) in [4.78, 5) is 4.63. The Balaban J connectivity index is 3.23. The summed E-state index contributed by atoms with van der Waals surface area (Å²) in [5, 5.41) is 4.25. The molecule has 4 heteroatoms. The number of nitrogens with two attached hydrogens (primary N) is 1. The van der Waals surface area contributed by atoms with Gasteiger partial charge in [-0.05, 0) is 32.8 Å². The second-order valence-electron chi connectivity index (χ2n) is 4.65. The molecule has 1 rings (SSSR count). The quantitative estimate of drug-likeness (QED) is 0.812. The van der Waals surface area contributed by atoms with E-state index in [2.05, 4.69) is 37.8 Å². The first-order valence-electron chi connectivity index (χ1n) is 6.01. The van der Waals surface area contributed by atoms with Crippen LogP contribution >= 0.6 is 0 Å². The summed E-state index contributed by atoms with van der Waals surface area (Å²) < 4.78 is 1.85. The summed E-state index contributed by atoms with van der Waals surface area (Å²) >= 11 is 0. The molecule has 0 aromatic carbocycles. The van der Waals surface area contributed by atoms with E-state index < -0.39 is 0 Å². The van der Waals surface area contributed by atoms with E-state index in [1.165, 1.54) is 0 Å². The van der Waals surface area contributed by atoms with Crippen molar-refractivity contribution in [3.63, 3.8) is 0 Å². The highest BCUT2D eigenvalue weighted by Crippen LogP contribution is 2.25. The molecule has 0 bridgehead atoms. The molecular formula is C13H22N4. The van der Waals surface area contributed by atoms with Gasteiger partial charge in [0, 0.05) is 11.8 Å². The SMILES string of the molecule is C/C=C\C(=Nc1c(N)cnn1C(C)C)C(C)C. The summed E-state index contributed by atoms with van der Waals surface area (Å²) in [5.74, 6) is 1.11. The van der Waals surface area contributed by atoms with E-state index in [9.17, 15) is 0 Å². The van der Waals surface area contributed by atoms with E-state index in [0.29, 0.717) is 11.6 Å². The maximum atomic E-state index is 5.91. The molecule has 17 heavy (non-hydrogen) atoms. The Kier molecular flexibility index (Phi) is 4.49. The fourth-order valence-corrected chi connectivity index (χ4v) is 1.51. The van der Waals surface area contributed by atoms with E-state index in [1.807, 2.05) is 23.8 Å². The first-order valence-corrected chi connectivity index (χ1v) is 6.01. The number of allylic oxidation sites excluding steroid dienone is 2. The maximum Gasteiger partial charge on any atom is 0.174 e. The highest BCUT2D eigenvalue weighted by molar-refractivity contribution is 5.98. The van der Waals surface area contributed by atoms with Gasteiger partial charge in [-0.2, -0.15) is 5.10 Å². The molecule has 1 aromatic rings. The Bertz CT molecular complexity index is 425. The molecule has 0 radical (unpaired) electrons. The monoisotopic (exact) mass is 234 g/mol. The normalized spacial score (nSPS) is 13.2. The number of hydrogen-bond donors (Lipinski definition) is 1. The molecule has 0 unspecified atom stereocenters. The summed E-state index contributed by atoms with van der Waals surface area (Å²) in [5.41, 5.74) is 7.55. The predicted octanol–water partition coefficient (Wildman–Crippen LogP) is 3.35. The van der Waals surface area contributed by atoms with Gasteiger partial charge in [0.25, 0.3) is 0 Å². The number of nitrogens with zero attached hydrogens (tertiary/aromatic N) is 3. The van der Waals surface area contributed by atoms with Crippen molar-refractivity contribution in [2.24, 2.45) is 10.9 Å². The summed E-state index contributed by atoms with van der Waals surface area (Å²) in [6.07, 6.45) is 5.67. The van der Waals surface area contributed by atoms with Gasteiger partial charge in [0.05, 0.1) is 11.9 Å². The fourth-order valence-electron chi connectivity index (χ4n) is 1.51. The van der Waals surface area contributed by atoms with Gasteiger partial charge in [-0.25, -0.2) is 9.67 Å². The molecule has 1 aromatic heterocycles. The zero-order valence-corrected chi connectivity index (χ0v) is 11.3. The molecular weight excluding hydrogens is 212 g/mol. The van der Waals surface area contributed by atoms with E-state index in [0.717, 1.165) is 11.5 Å². The van der Waals surface area contributed by atoms with Crippen LogP contribution in [-0.4, -0.2) is 15.5 Å². The summed E-state index contributed by atoms with van der Waals surface area (Å²) in [6.45, 7) is 10.4. The largest absolute Gasteiger partial charge is 0.394 e. The average Bonchev–Trinajstić information content (AvgIpc) is 2.59. The minimum atomic E-state index is 0.255. The lowest BCUT2D eigenvalue weighted by Crippen LogP contribution is -2.07. The molecule has 0 atom stereocenters. The molecule has 0 spiro atoms. The van der Waals surface area contributed by atoms with Gasteiger partial charge in [-0.15, -0.1) is 0 Å². The number of hydrogen-bond acceptors (Lipinski definition) is 3. The molecule has 1 heterocycles. The van der Waals surface area contributed by atoms with Crippen molar-refractivity contribution in [3.8, 4) is 0 Å². The van der Waals surface area contributed by atoms with Crippen molar-refractivity contribution in [2.45, 2.75) is 40.7 Å². The third kappa shape index (κ3) is 3.19. The molecule has 4 nitrogen and oxygen atoms in total. The summed E-state index contributed by atoms with van der Waals surface area (Å²) in [6, 6.07) is 0.255. The Morgan fingerprint density at radius 1 is 1.41 bits per heavy atom. The lowest BCUT2D eigenvalue weighted by molar-refractivity contribution is 0.537. The van der Waals surface area contributed by atoms with Crippen LogP contribution in [0.2, 0.25) is 0 Å². The van der Waals surface area contributed by atoms with Crippen LogP contribution in [0.3, 0.4) is 0 Å². The van der Waals surface area contributed by atoms with Crippen molar-refractivity contribution in [1.29, 1.82) is 0 Å². The van der Waals surface area contributed by atoms with Crippen LogP contribution in [0.25, 0.3) is 0 Å².